The number of hydrogen-bond acceptors (Lipinski definition) is 3. The maximum absolute atomic E-state index is 10.4. The molecule has 1 aliphatic rings. The number of carbonyl (C=O) groups is 1. The minimum atomic E-state index is -0.697. The number of carboxylic acids is 1. The second-order valence-electron chi connectivity index (χ2n) is 2.50. The summed E-state index contributed by atoms with van der Waals surface area (Å²) in [5, 5.41) is 8.35. The number of nitrogens with two attached hydrogens (primary N) is 1. The van der Waals surface area contributed by atoms with Gasteiger partial charge in [0.05, 0.1) is 0 Å². The summed E-state index contributed by atoms with van der Waals surface area (Å²) in [5.41, 5.74) is 5.58. The molecule has 0 aromatic heterocycles. The van der Waals surface area contributed by atoms with Crippen LogP contribution in [-0.4, -0.2) is 28.1 Å². The molecule has 0 saturated carbocycles. The van der Waals surface area contributed by atoms with Crippen LogP contribution in [0.2, 0.25) is 0 Å². The van der Waals surface area contributed by atoms with Crippen molar-refractivity contribution in [3.05, 3.63) is 0 Å². The van der Waals surface area contributed by atoms with E-state index in [0.717, 1.165) is 18.6 Å². The predicted molar refractivity (Wildman–Crippen MR) is 41.1 cm³/mol. The minimum absolute atomic E-state index is 0.209. The van der Waals surface area contributed by atoms with Gasteiger partial charge in [-0.3, -0.25) is 4.79 Å². The molecule has 3 nitrogen and oxygen atoms in total. The van der Waals surface area contributed by atoms with Gasteiger partial charge in [0.2, 0.25) is 0 Å². The van der Waals surface area contributed by atoms with Crippen LogP contribution in [0.25, 0.3) is 0 Å². The third kappa shape index (κ3) is 1.88. The smallest absolute Gasteiger partial charge is 0.316 e. The number of hydrogen-bond donors (Lipinski definition) is 2. The van der Waals surface area contributed by atoms with Gasteiger partial charge in [0.1, 0.15) is 5.25 Å². The van der Waals surface area contributed by atoms with Gasteiger partial charge in [0.15, 0.2) is 0 Å². The van der Waals surface area contributed by atoms with Crippen molar-refractivity contribution < 1.29 is 9.90 Å². The van der Waals surface area contributed by atoms with E-state index in [9.17, 15) is 4.79 Å². The molecule has 58 valence electrons. The molecule has 1 aliphatic heterocycles. The lowest BCUT2D eigenvalue weighted by Crippen LogP contribution is -2.32. The maximum Gasteiger partial charge on any atom is 0.316 e. The van der Waals surface area contributed by atoms with E-state index in [1.807, 2.05) is 0 Å². The molecular weight excluding hydrogens is 150 g/mol. The van der Waals surface area contributed by atoms with Gasteiger partial charge in [-0.25, -0.2) is 0 Å². The van der Waals surface area contributed by atoms with Gasteiger partial charge in [0, 0.05) is 11.8 Å². The van der Waals surface area contributed by atoms with Gasteiger partial charge < -0.3 is 10.8 Å². The van der Waals surface area contributed by atoms with Crippen molar-refractivity contribution in [2.45, 2.75) is 24.1 Å². The zero-order valence-corrected chi connectivity index (χ0v) is 6.43. The summed E-state index contributed by atoms with van der Waals surface area (Å²) in [6, 6.07) is 0.209. The topological polar surface area (TPSA) is 63.3 Å². The van der Waals surface area contributed by atoms with E-state index in [2.05, 4.69) is 0 Å². The highest BCUT2D eigenvalue weighted by atomic mass is 32.2. The largest absolute Gasteiger partial charge is 0.480 e. The van der Waals surface area contributed by atoms with Gasteiger partial charge in [-0.05, 0) is 12.8 Å². The Morgan fingerprint density at radius 1 is 1.60 bits per heavy atom. The molecule has 0 bridgehead atoms. The highest BCUT2D eigenvalue weighted by molar-refractivity contribution is 8.00. The summed E-state index contributed by atoms with van der Waals surface area (Å²) >= 11 is 1.45. The van der Waals surface area contributed by atoms with Gasteiger partial charge in [-0.2, -0.15) is 0 Å². The second-order valence-corrected chi connectivity index (χ2v) is 3.73. The molecule has 0 spiro atoms. The first kappa shape index (κ1) is 7.88. The molecule has 0 radical (unpaired) electrons. The SMILES string of the molecule is N[C@@H]1CC[C@@H](C(=O)O)SC1. The molecule has 1 fully saturated rings. The van der Waals surface area contributed by atoms with E-state index in [1.165, 1.54) is 11.8 Å². The quantitative estimate of drug-likeness (QED) is 0.580. The normalized spacial score (nSPS) is 33.7. The number of rotatable bonds is 1. The van der Waals surface area contributed by atoms with Crippen molar-refractivity contribution in [1.82, 2.24) is 0 Å². The minimum Gasteiger partial charge on any atom is -0.480 e. The molecular formula is C6H11NO2S. The Morgan fingerprint density at radius 2 is 2.30 bits per heavy atom. The van der Waals surface area contributed by atoms with Gasteiger partial charge in [-0.1, -0.05) is 0 Å². The van der Waals surface area contributed by atoms with Crippen LogP contribution in [0.1, 0.15) is 12.8 Å². The second kappa shape index (κ2) is 3.25. The summed E-state index contributed by atoms with van der Waals surface area (Å²) in [4.78, 5) is 10.4. The van der Waals surface area contributed by atoms with Crippen molar-refractivity contribution >= 4 is 17.7 Å². The Labute approximate surface area is 64.0 Å². The van der Waals surface area contributed by atoms with E-state index in [1.54, 1.807) is 0 Å². The van der Waals surface area contributed by atoms with Crippen LogP contribution >= 0.6 is 11.8 Å². The Hall–Kier alpha value is -0.220. The summed E-state index contributed by atoms with van der Waals surface area (Å²) in [6.07, 6.45) is 1.57. The Kier molecular flexibility index (Phi) is 2.56. The van der Waals surface area contributed by atoms with E-state index < -0.39 is 5.97 Å². The van der Waals surface area contributed by atoms with Gasteiger partial charge in [-0.15, -0.1) is 11.8 Å². The Morgan fingerprint density at radius 3 is 2.70 bits per heavy atom. The van der Waals surface area contributed by atoms with E-state index in [0.29, 0.717) is 0 Å². The lowest BCUT2D eigenvalue weighted by molar-refractivity contribution is -0.136. The lowest BCUT2D eigenvalue weighted by atomic mass is 10.1. The van der Waals surface area contributed by atoms with Crippen molar-refractivity contribution in [3.63, 3.8) is 0 Å². The highest BCUT2D eigenvalue weighted by Crippen LogP contribution is 2.24. The van der Waals surface area contributed by atoms with Crippen LogP contribution in [-0.2, 0) is 4.79 Å². The first-order valence-corrected chi connectivity index (χ1v) is 4.35. The molecule has 0 unspecified atom stereocenters. The fraction of sp³-hybridized carbons (Fsp3) is 0.833. The lowest BCUT2D eigenvalue weighted by Gasteiger charge is -2.22. The van der Waals surface area contributed by atoms with Crippen molar-refractivity contribution in [3.8, 4) is 0 Å². The predicted octanol–water partition coefficient (Wildman–Crippen LogP) is 0.294. The fourth-order valence-corrected chi connectivity index (χ4v) is 2.06. The molecule has 2 atom stereocenters. The van der Waals surface area contributed by atoms with Crippen LogP contribution in [0.5, 0.6) is 0 Å². The van der Waals surface area contributed by atoms with Crippen LogP contribution in [0.3, 0.4) is 0 Å². The fourth-order valence-electron chi connectivity index (χ4n) is 0.967. The zero-order chi connectivity index (χ0) is 7.56. The standard InChI is InChI=1S/C6H11NO2S/c7-4-1-2-5(6(8)9)10-3-4/h4-5H,1-3,7H2,(H,8,9)/t4-,5+/m1/s1. The summed E-state index contributed by atoms with van der Waals surface area (Å²) < 4.78 is 0. The summed E-state index contributed by atoms with van der Waals surface area (Å²) in [5.74, 6) is 0.0913. The molecule has 1 heterocycles. The average Bonchev–Trinajstić information content (AvgIpc) is 1.88. The molecule has 0 aromatic carbocycles. The molecule has 1 saturated heterocycles. The number of thioether (sulfide) groups is 1. The number of aliphatic carboxylic acids is 1. The summed E-state index contributed by atoms with van der Waals surface area (Å²) in [7, 11) is 0. The van der Waals surface area contributed by atoms with Crippen LogP contribution in [0, 0.1) is 0 Å². The van der Waals surface area contributed by atoms with E-state index in [-0.39, 0.29) is 11.3 Å². The molecule has 0 amide bonds. The highest BCUT2D eigenvalue weighted by Gasteiger charge is 2.24. The monoisotopic (exact) mass is 161 g/mol. The van der Waals surface area contributed by atoms with Crippen molar-refractivity contribution in [2.75, 3.05) is 5.75 Å². The third-order valence-electron chi connectivity index (χ3n) is 1.59. The molecule has 3 N–H and O–H groups in total. The Balaban J connectivity index is 2.33. The van der Waals surface area contributed by atoms with E-state index in [4.69, 9.17) is 10.8 Å². The first-order chi connectivity index (χ1) is 4.70. The van der Waals surface area contributed by atoms with Crippen LogP contribution in [0.4, 0.5) is 0 Å². The van der Waals surface area contributed by atoms with Crippen molar-refractivity contribution in [1.29, 1.82) is 0 Å². The molecule has 0 aromatic rings. The molecule has 0 aliphatic carbocycles. The van der Waals surface area contributed by atoms with Crippen LogP contribution in [0.15, 0.2) is 0 Å². The number of carboxylic acid groups (broad SMARTS) is 1. The van der Waals surface area contributed by atoms with E-state index >= 15 is 0 Å². The zero-order valence-electron chi connectivity index (χ0n) is 5.62. The molecule has 1 rings (SSSR count). The Bertz CT molecular complexity index is 132. The first-order valence-electron chi connectivity index (χ1n) is 3.30. The molecule has 4 heteroatoms. The van der Waals surface area contributed by atoms with Gasteiger partial charge in [0.25, 0.3) is 0 Å². The average molecular weight is 161 g/mol. The van der Waals surface area contributed by atoms with Gasteiger partial charge >= 0.3 is 5.97 Å². The van der Waals surface area contributed by atoms with Crippen molar-refractivity contribution in [2.24, 2.45) is 5.73 Å². The maximum atomic E-state index is 10.4. The van der Waals surface area contributed by atoms with Crippen LogP contribution < -0.4 is 5.73 Å². The third-order valence-corrected chi connectivity index (χ3v) is 3.05. The molecule has 10 heavy (non-hydrogen) atoms. The summed E-state index contributed by atoms with van der Waals surface area (Å²) in [6.45, 7) is 0.